The van der Waals surface area contributed by atoms with Crippen molar-refractivity contribution in [3.05, 3.63) is 101 Å². The van der Waals surface area contributed by atoms with Crippen molar-refractivity contribution in [2.24, 2.45) is 0 Å². The highest BCUT2D eigenvalue weighted by atomic mass is 14.6. The van der Waals surface area contributed by atoms with Crippen LogP contribution in [0.25, 0.3) is 54.6 Å². The lowest BCUT2D eigenvalue weighted by atomic mass is 9.79. The van der Waals surface area contributed by atoms with Crippen LogP contribution in [-0.2, 0) is 17.3 Å². The summed E-state index contributed by atoms with van der Waals surface area (Å²) < 4.78 is 0. The monoisotopic (exact) mass is 656 g/mol. The zero-order valence-corrected chi connectivity index (χ0v) is 33.8. The van der Waals surface area contributed by atoms with Crippen LogP contribution < -0.4 is 5.73 Å². The molecule has 0 aliphatic carbocycles. The van der Waals surface area contributed by atoms with Gasteiger partial charge in [0, 0.05) is 11.3 Å². The highest BCUT2D eigenvalue weighted by Gasteiger charge is 2.24. The molecule has 0 radical (unpaired) electrons. The van der Waals surface area contributed by atoms with Crippen LogP contribution in [0.3, 0.4) is 0 Å². The topological polar surface area (TPSA) is 26.0 Å². The minimum atomic E-state index is 0.0469. The third kappa shape index (κ3) is 7.52. The fourth-order valence-corrected chi connectivity index (χ4v) is 7.03. The first-order valence-corrected chi connectivity index (χ1v) is 19.0. The van der Waals surface area contributed by atoms with Crippen LogP contribution in [0.4, 0.5) is 5.69 Å². The molecule has 0 atom stereocenters. The predicted octanol–water partition coefficient (Wildman–Crippen LogP) is 15.2. The third-order valence-corrected chi connectivity index (χ3v) is 9.58. The molecule has 6 rings (SSSR count). The molecule has 2 N–H and O–H groups in total. The highest BCUT2D eigenvalue weighted by molar-refractivity contribution is 6.30. The zero-order chi connectivity index (χ0) is 37.0. The summed E-state index contributed by atoms with van der Waals surface area (Å²) in [6.45, 7) is 34.8. The van der Waals surface area contributed by atoms with E-state index in [-0.39, 0.29) is 10.8 Å². The number of rotatable bonds is 4. The number of aryl methyl sites for hydroxylation is 2. The van der Waals surface area contributed by atoms with E-state index in [2.05, 4.69) is 142 Å². The maximum Gasteiger partial charge on any atom is 0.0396 e. The molecule has 0 fully saturated rings. The number of benzene rings is 6. The summed E-state index contributed by atoms with van der Waals surface area (Å²) in [4.78, 5) is 0. The average Bonchev–Trinajstić information content (AvgIpc) is 3.09. The van der Waals surface area contributed by atoms with E-state index in [9.17, 15) is 0 Å². The summed E-state index contributed by atoms with van der Waals surface area (Å²) in [6, 6.07) is 28.0. The fraction of sp³-hybridized carbons (Fsp3) is 0.417. The second-order valence-corrected chi connectivity index (χ2v) is 15.0. The SMILES string of the molecule is CC.CC.CC.CCc1cc(C(C)(C)C)ccc1-c1cc2ccc(C(C)C)c3c(-c4ccc(C(C)(C)C)cc4N)cc4ccc(C)c1c4c23. The molecule has 0 bridgehead atoms. The third-order valence-electron chi connectivity index (χ3n) is 9.58. The first kappa shape index (κ1) is 39.6. The van der Waals surface area contributed by atoms with Gasteiger partial charge in [0.05, 0.1) is 0 Å². The Kier molecular flexibility index (Phi) is 12.8. The molecule has 0 heterocycles. The molecule has 0 saturated heterocycles. The molecule has 1 heteroatoms. The Morgan fingerprint density at radius 2 is 1.00 bits per heavy atom. The van der Waals surface area contributed by atoms with Gasteiger partial charge in [0.2, 0.25) is 0 Å². The molecule has 6 aromatic carbocycles. The van der Waals surface area contributed by atoms with Gasteiger partial charge in [0.15, 0.2) is 0 Å². The summed E-state index contributed by atoms with van der Waals surface area (Å²) in [5.41, 5.74) is 19.7. The van der Waals surface area contributed by atoms with Crippen molar-refractivity contribution in [3.8, 4) is 22.3 Å². The van der Waals surface area contributed by atoms with E-state index in [4.69, 9.17) is 5.73 Å². The van der Waals surface area contributed by atoms with Gasteiger partial charge in [-0.15, -0.1) is 0 Å². The molecular weight excluding hydrogens is 591 g/mol. The van der Waals surface area contributed by atoms with Crippen LogP contribution in [0, 0.1) is 6.92 Å². The quantitative estimate of drug-likeness (QED) is 0.148. The van der Waals surface area contributed by atoms with Crippen molar-refractivity contribution in [2.45, 2.75) is 134 Å². The molecule has 0 unspecified atom stereocenters. The van der Waals surface area contributed by atoms with Crippen LogP contribution in [0.2, 0.25) is 0 Å². The molecular formula is C48H65N. The van der Waals surface area contributed by atoms with Crippen molar-refractivity contribution in [3.63, 3.8) is 0 Å². The number of hydrogen-bond donors (Lipinski definition) is 1. The summed E-state index contributed by atoms with van der Waals surface area (Å²) in [6.07, 6.45) is 1.00. The van der Waals surface area contributed by atoms with Gasteiger partial charge >= 0.3 is 0 Å². The van der Waals surface area contributed by atoms with Gasteiger partial charge in [0.25, 0.3) is 0 Å². The van der Waals surface area contributed by atoms with Crippen molar-refractivity contribution in [1.29, 1.82) is 0 Å². The molecule has 0 aliphatic rings. The zero-order valence-electron chi connectivity index (χ0n) is 33.8. The van der Waals surface area contributed by atoms with E-state index >= 15 is 0 Å². The summed E-state index contributed by atoms with van der Waals surface area (Å²) >= 11 is 0. The smallest absolute Gasteiger partial charge is 0.0396 e. The van der Waals surface area contributed by atoms with Gasteiger partial charge in [0.1, 0.15) is 0 Å². The normalized spacial score (nSPS) is 11.6. The van der Waals surface area contributed by atoms with E-state index in [1.165, 1.54) is 76.8 Å². The van der Waals surface area contributed by atoms with Crippen molar-refractivity contribution in [2.75, 3.05) is 5.73 Å². The second-order valence-electron chi connectivity index (χ2n) is 15.0. The molecule has 0 saturated carbocycles. The first-order chi connectivity index (χ1) is 23.2. The number of nitrogens with two attached hydrogens (primary N) is 1. The van der Waals surface area contributed by atoms with Crippen LogP contribution in [0.5, 0.6) is 0 Å². The molecule has 6 aromatic rings. The van der Waals surface area contributed by atoms with E-state index in [1.807, 2.05) is 41.5 Å². The Morgan fingerprint density at radius 1 is 0.531 bits per heavy atom. The van der Waals surface area contributed by atoms with E-state index in [1.54, 1.807) is 0 Å². The lowest BCUT2D eigenvalue weighted by Crippen LogP contribution is -2.11. The van der Waals surface area contributed by atoms with E-state index in [0.717, 1.165) is 17.7 Å². The number of hydrogen-bond acceptors (Lipinski definition) is 1. The van der Waals surface area contributed by atoms with Gasteiger partial charge in [-0.25, -0.2) is 0 Å². The lowest BCUT2D eigenvalue weighted by molar-refractivity contribution is 0.589. The first-order valence-electron chi connectivity index (χ1n) is 19.0. The van der Waals surface area contributed by atoms with Gasteiger partial charge in [-0.05, 0) is 125 Å². The van der Waals surface area contributed by atoms with Crippen LogP contribution in [-0.4, -0.2) is 0 Å². The van der Waals surface area contributed by atoms with E-state index in [0.29, 0.717) is 5.92 Å². The van der Waals surface area contributed by atoms with Crippen molar-refractivity contribution in [1.82, 2.24) is 0 Å². The Morgan fingerprint density at radius 3 is 1.49 bits per heavy atom. The van der Waals surface area contributed by atoms with Crippen LogP contribution in [0.1, 0.15) is 138 Å². The van der Waals surface area contributed by atoms with E-state index < -0.39 is 0 Å². The number of nitrogen functional groups attached to an aromatic ring is 1. The van der Waals surface area contributed by atoms with Crippen LogP contribution >= 0.6 is 0 Å². The summed E-state index contributed by atoms with van der Waals surface area (Å²) in [5.74, 6) is 0.385. The highest BCUT2D eigenvalue weighted by Crippen LogP contribution is 2.48. The lowest BCUT2D eigenvalue weighted by Gasteiger charge is -2.25. The Labute approximate surface area is 299 Å². The minimum Gasteiger partial charge on any atom is -0.398 e. The summed E-state index contributed by atoms with van der Waals surface area (Å²) in [5, 5.41) is 8.03. The molecule has 0 spiro atoms. The molecule has 0 aromatic heterocycles. The van der Waals surface area contributed by atoms with Gasteiger partial charge in [-0.1, -0.05) is 158 Å². The predicted molar refractivity (Wildman–Crippen MR) is 225 cm³/mol. The van der Waals surface area contributed by atoms with Gasteiger partial charge < -0.3 is 5.73 Å². The molecule has 0 amide bonds. The average molecular weight is 656 g/mol. The largest absolute Gasteiger partial charge is 0.398 e. The fourth-order valence-electron chi connectivity index (χ4n) is 7.03. The Bertz CT molecular complexity index is 2010. The van der Waals surface area contributed by atoms with Crippen LogP contribution in [0.15, 0.2) is 72.8 Å². The Hall–Kier alpha value is -3.84. The molecule has 49 heavy (non-hydrogen) atoms. The summed E-state index contributed by atoms with van der Waals surface area (Å²) in [7, 11) is 0. The van der Waals surface area contributed by atoms with Crippen molar-refractivity contribution >= 4 is 38.0 Å². The minimum absolute atomic E-state index is 0.0469. The maximum atomic E-state index is 6.88. The molecule has 1 nitrogen and oxygen atoms in total. The van der Waals surface area contributed by atoms with Crippen molar-refractivity contribution < 1.29 is 0 Å². The van der Waals surface area contributed by atoms with Gasteiger partial charge in [-0.2, -0.15) is 0 Å². The van der Waals surface area contributed by atoms with Gasteiger partial charge in [-0.3, -0.25) is 0 Å². The second kappa shape index (κ2) is 15.8. The standard InChI is InChI=1S/C42H47N.3C2H6/c1-11-26-20-29(41(5,6)7)15-18-32(26)34-21-28-14-17-31(24(2)3)40-35(33-19-16-30(23-36(33)43)42(8,9)10)22-27-13-12-25(4)37(34)38(27)39(28)40;3*1-2/h12-24H,11,43H2,1-10H3;3*1-2H3. The molecule has 262 valence electrons. The number of anilines is 1. The Balaban J connectivity index is 0.00000103. The molecule has 0 aliphatic heterocycles. The maximum absolute atomic E-state index is 6.88.